The van der Waals surface area contributed by atoms with Crippen molar-refractivity contribution in [1.29, 1.82) is 0 Å². The summed E-state index contributed by atoms with van der Waals surface area (Å²) in [5.74, 6) is 0.339. The van der Waals surface area contributed by atoms with Crippen LogP contribution in [-0.4, -0.2) is 17.7 Å². The molecule has 0 bridgehead atoms. The van der Waals surface area contributed by atoms with Crippen molar-refractivity contribution in [1.82, 2.24) is 5.32 Å². The lowest BCUT2D eigenvalue weighted by Gasteiger charge is -2.21. The number of fused-ring (bicyclic) bond motifs is 1. The molecule has 0 radical (unpaired) electrons. The number of alkyl carbamates (subject to hydrolysis) is 1. The van der Waals surface area contributed by atoms with Crippen molar-refractivity contribution in [3.63, 3.8) is 0 Å². The molecule has 0 fully saturated rings. The Labute approximate surface area is 160 Å². The van der Waals surface area contributed by atoms with E-state index in [9.17, 15) is 4.79 Å². The third-order valence-corrected chi connectivity index (χ3v) is 4.23. The molecule has 27 heavy (non-hydrogen) atoms. The molecule has 2 aromatic rings. The molecule has 1 aliphatic carbocycles. The Morgan fingerprint density at radius 3 is 2.41 bits per heavy atom. The zero-order valence-electron chi connectivity index (χ0n) is 16.2. The molecule has 5 heteroatoms. The molecule has 0 saturated heterocycles. The van der Waals surface area contributed by atoms with Crippen LogP contribution in [0.5, 0.6) is 0 Å². The molecule has 5 nitrogen and oxygen atoms in total. The van der Waals surface area contributed by atoms with Gasteiger partial charge in [0.2, 0.25) is 5.96 Å². The zero-order chi connectivity index (χ0) is 19.3. The molecule has 0 atom stereocenters. The number of hydrogen-bond donors (Lipinski definition) is 2. The number of nitrogens with one attached hydrogen (secondary N) is 2. The fourth-order valence-electron chi connectivity index (χ4n) is 3.07. The molecule has 142 valence electrons. The number of amides is 1. The second-order valence-electron chi connectivity index (χ2n) is 7.74. The lowest BCUT2D eigenvalue weighted by Crippen LogP contribution is -2.39. The molecule has 1 amide bonds. The van der Waals surface area contributed by atoms with Gasteiger partial charge in [-0.2, -0.15) is 0 Å². The van der Waals surface area contributed by atoms with E-state index < -0.39 is 11.7 Å². The summed E-state index contributed by atoms with van der Waals surface area (Å²) >= 11 is 0. The van der Waals surface area contributed by atoms with Gasteiger partial charge in [0.05, 0.1) is 5.69 Å². The molecule has 0 aromatic heterocycles. The van der Waals surface area contributed by atoms with E-state index in [2.05, 4.69) is 27.8 Å². The smallest absolute Gasteiger partial charge is 0.414 e. The minimum absolute atomic E-state index is 0.339. The summed E-state index contributed by atoms with van der Waals surface area (Å²) in [5.41, 5.74) is 3.85. The molecular formula is C22H27N3O2. The van der Waals surface area contributed by atoms with Gasteiger partial charge in [-0.15, -0.1) is 0 Å². The topological polar surface area (TPSA) is 62.7 Å². The van der Waals surface area contributed by atoms with E-state index in [1.807, 2.05) is 57.2 Å². The van der Waals surface area contributed by atoms with Crippen LogP contribution in [0.1, 0.15) is 44.7 Å². The van der Waals surface area contributed by atoms with Crippen molar-refractivity contribution < 1.29 is 9.53 Å². The summed E-state index contributed by atoms with van der Waals surface area (Å²) < 4.78 is 5.36. The standard InChI is InChI=1S/C22H27N3O2/c1-22(2,3)27-21(26)25-20(23-18-11-5-4-6-12-18)24-19-14-13-16-9-7-8-10-17(16)15-19/h4-6,11-15H,7-10H2,1-3H3,(H2,23,24,25,26). The van der Waals surface area contributed by atoms with E-state index in [1.165, 1.54) is 24.0 Å². The molecule has 0 unspecified atom stereocenters. The van der Waals surface area contributed by atoms with Crippen LogP contribution in [0.4, 0.5) is 16.2 Å². The summed E-state index contributed by atoms with van der Waals surface area (Å²) in [5, 5.41) is 5.96. The Balaban J connectivity index is 1.81. The van der Waals surface area contributed by atoms with Gasteiger partial charge in [-0.3, -0.25) is 5.32 Å². The second kappa shape index (κ2) is 8.25. The van der Waals surface area contributed by atoms with Crippen molar-refractivity contribution in [2.24, 2.45) is 4.99 Å². The summed E-state index contributed by atoms with van der Waals surface area (Å²) in [6, 6.07) is 15.8. The van der Waals surface area contributed by atoms with Gasteiger partial charge in [-0.25, -0.2) is 9.79 Å². The molecule has 2 aromatic carbocycles. The highest BCUT2D eigenvalue weighted by molar-refractivity contribution is 6.03. The predicted octanol–water partition coefficient (Wildman–Crippen LogP) is 5.19. The number of aryl methyl sites for hydroxylation is 2. The number of rotatable bonds is 2. The van der Waals surface area contributed by atoms with Crippen LogP contribution in [0.3, 0.4) is 0 Å². The quantitative estimate of drug-likeness (QED) is 0.569. The number of ether oxygens (including phenoxy) is 1. The van der Waals surface area contributed by atoms with Gasteiger partial charge in [0, 0.05) is 5.69 Å². The van der Waals surface area contributed by atoms with Crippen molar-refractivity contribution >= 4 is 23.4 Å². The van der Waals surface area contributed by atoms with E-state index in [4.69, 9.17) is 4.74 Å². The van der Waals surface area contributed by atoms with E-state index in [1.54, 1.807) is 0 Å². The molecule has 3 rings (SSSR count). The first-order chi connectivity index (χ1) is 12.9. The first-order valence-electron chi connectivity index (χ1n) is 9.42. The Morgan fingerprint density at radius 1 is 1.00 bits per heavy atom. The second-order valence-corrected chi connectivity index (χ2v) is 7.74. The first kappa shape index (κ1) is 19.0. The molecule has 1 aliphatic rings. The number of nitrogens with zero attached hydrogens (tertiary/aromatic N) is 1. The highest BCUT2D eigenvalue weighted by Crippen LogP contribution is 2.24. The highest BCUT2D eigenvalue weighted by atomic mass is 16.6. The van der Waals surface area contributed by atoms with Gasteiger partial charge < -0.3 is 10.1 Å². The van der Waals surface area contributed by atoms with Gasteiger partial charge >= 0.3 is 6.09 Å². The largest absolute Gasteiger partial charge is 0.444 e. The van der Waals surface area contributed by atoms with Gasteiger partial charge in [0.15, 0.2) is 0 Å². The van der Waals surface area contributed by atoms with Gasteiger partial charge in [-0.05, 0) is 81.8 Å². The van der Waals surface area contributed by atoms with Crippen molar-refractivity contribution in [2.45, 2.75) is 52.1 Å². The van der Waals surface area contributed by atoms with E-state index in [-0.39, 0.29) is 0 Å². The maximum atomic E-state index is 12.2. The fourth-order valence-corrected chi connectivity index (χ4v) is 3.07. The third-order valence-electron chi connectivity index (χ3n) is 4.23. The lowest BCUT2D eigenvalue weighted by molar-refractivity contribution is 0.0563. The zero-order valence-corrected chi connectivity index (χ0v) is 16.2. The Kier molecular flexibility index (Phi) is 5.79. The number of carbonyl (C=O) groups excluding carboxylic acids is 1. The minimum atomic E-state index is -0.576. The van der Waals surface area contributed by atoms with Crippen LogP contribution in [-0.2, 0) is 17.6 Å². The van der Waals surface area contributed by atoms with Crippen molar-refractivity contribution in [3.05, 3.63) is 59.7 Å². The fraction of sp³-hybridized carbons (Fsp3) is 0.364. The Bertz CT molecular complexity index is 823. The number of para-hydroxylation sites is 1. The van der Waals surface area contributed by atoms with Crippen LogP contribution in [0.15, 0.2) is 53.5 Å². The third kappa shape index (κ3) is 5.84. The summed E-state index contributed by atoms with van der Waals surface area (Å²) in [4.78, 5) is 16.8. The van der Waals surface area contributed by atoms with Crippen molar-refractivity contribution in [2.75, 3.05) is 5.32 Å². The summed E-state index contributed by atoms with van der Waals surface area (Å²) in [6.07, 6.45) is 4.16. The lowest BCUT2D eigenvalue weighted by atomic mass is 9.91. The monoisotopic (exact) mass is 365 g/mol. The highest BCUT2D eigenvalue weighted by Gasteiger charge is 2.18. The van der Waals surface area contributed by atoms with Crippen LogP contribution in [0.25, 0.3) is 0 Å². The molecule has 2 N–H and O–H groups in total. The van der Waals surface area contributed by atoms with Crippen LogP contribution in [0.2, 0.25) is 0 Å². The van der Waals surface area contributed by atoms with Gasteiger partial charge in [0.25, 0.3) is 0 Å². The maximum absolute atomic E-state index is 12.2. The van der Waals surface area contributed by atoms with Crippen LogP contribution in [0, 0.1) is 0 Å². The average Bonchev–Trinajstić information content (AvgIpc) is 2.61. The molecule has 0 heterocycles. The normalized spacial score (nSPS) is 14.3. The molecule has 0 spiro atoms. The number of aliphatic imine (C=N–C) groups is 1. The first-order valence-corrected chi connectivity index (χ1v) is 9.42. The summed E-state index contributed by atoms with van der Waals surface area (Å²) in [6.45, 7) is 5.49. The Morgan fingerprint density at radius 2 is 1.70 bits per heavy atom. The van der Waals surface area contributed by atoms with E-state index in [0.29, 0.717) is 5.96 Å². The minimum Gasteiger partial charge on any atom is -0.444 e. The average molecular weight is 365 g/mol. The van der Waals surface area contributed by atoms with Crippen molar-refractivity contribution in [3.8, 4) is 0 Å². The molecule has 0 aliphatic heterocycles. The van der Waals surface area contributed by atoms with Gasteiger partial charge in [-0.1, -0.05) is 24.3 Å². The number of anilines is 1. The maximum Gasteiger partial charge on any atom is 0.414 e. The Hall–Kier alpha value is -2.82. The SMILES string of the molecule is CC(C)(C)OC(=O)NC(=Nc1ccccc1)Nc1ccc2c(c1)CCCC2. The predicted molar refractivity (Wildman–Crippen MR) is 110 cm³/mol. The van der Waals surface area contributed by atoms with Crippen LogP contribution >= 0.6 is 0 Å². The molecular weight excluding hydrogens is 338 g/mol. The number of guanidine groups is 1. The number of benzene rings is 2. The van der Waals surface area contributed by atoms with Gasteiger partial charge in [0.1, 0.15) is 5.60 Å². The number of carbonyl (C=O) groups is 1. The summed E-state index contributed by atoms with van der Waals surface area (Å²) in [7, 11) is 0. The van der Waals surface area contributed by atoms with E-state index >= 15 is 0 Å². The van der Waals surface area contributed by atoms with Crippen LogP contribution < -0.4 is 10.6 Å². The number of hydrogen-bond acceptors (Lipinski definition) is 3. The molecule has 0 saturated carbocycles. The van der Waals surface area contributed by atoms with E-state index in [0.717, 1.165) is 24.2 Å².